The van der Waals surface area contributed by atoms with Gasteiger partial charge < -0.3 is 10.1 Å². The quantitative estimate of drug-likeness (QED) is 0.800. The summed E-state index contributed by atoms with van der Waals surface area (Å²) in [7, 11) is 0. The Hall–Kier alpha value is -1.51. The second-order valence-electron chi connectivity index (χ2n) is 3.52. The van der Waals surface area contributed by atoms with Crippen molar-refractivity contribution in [2.75, 3.05) is 13.2 Å². The maximum atomic E-state index is 5.37. The molecule has 0 aromatic heterocycles. The van der Waals surface area contributed by atoms with E-state index in [2.05, 4.69) is 34.6 Å². The third-order valence-corrected chi connectivity index (χ3v) is 2.45. The monoisotopic (exact) mass is 204 g/mol. The third kappa shape index (κ3) is 2.49. The lowest BCUT2D eigenvalue weighted by atomic mass is 10.0. The van der Waals surface area contributed by atoms with E-state index in [0.29, 0.717) is 18.7 Å². The SMILES string of the molecule is CCOC1=NCCC(c2ccccc2)N1. The zero-order valence-corrected chi connectivity index (χ0v) is 8.94. The molecule has 1 aliphatic heterocycles. The van der Waals surface area contributed by atoms with Crippen LogP contribution < -0.4 is 5.32 Å². The summed E-state index contributed by atoms with van der Waals surface area (Å²) in [6.45, 7) is 3.46. The van der Waals surface area contributed by atoms with Gasteiger partial charge in [0.1, 0.15) is 0 Å². The summed E-state index contributed by atoms with van der Waals surface area (Å²) in [5, 5.41) is 3.30. The summed E-state index contributed by atoms with van der Waals surface area (Å²) >= 11 is 0. The minimum absolute atomic E-state index is 0.338. The van der Waals surface area contributed by atoms with Gasteiger partial charge in [-0.05, 0) is 18.9 Å². The van der Waals surface area contributed by atoms with E-state index < -0.39 is 0 Å². The van der Waals surface area contributed by atoms with Crippen LogP contribution in [0.3, 0.4) is 0 Å². The highest BCUT2D eigenvalue weighted by Gasteiger charge is 2.17. The molecule has 1 N–H and O–H groups in total. The molecular weight excluding hydrogens is 188 g/mol. The van der Waals surface area contributed by atoms with Crippen LogP contribution in [0.25, 0.3) is 0 Å². The Morgan fingerprint density at radius 1 is 1.40 bits per heavy atom. The predicted octanol–water partition coefficient (Wildman–Crippen LogP) is 2.11. The number of amidine groups is 1. The molecule has 0 aliphatic carbocycles. The van der Waals surface area contributed by atoms with Crippen molar-refractivity contribution >= 4 is 6.02 Å². The van der Waals surface area contributed by atoms with E-state index in [1.165, 1.54) is 5.56 Å². The molecule has 0 radical (unpaired) electrons. The Morgan fingerprint density at radius 3 is 2.93 bits per heavy atom. The first-order valence-corrected chi connectivity index (χ1v) is 5.39. The van der Waals surface area contributed by atoms with Crippen LogP contribution in [0.4, 0.5) is 0 Å². The van der Waals surface area contributed by atoms with Crippen LogP contribution in [0.1, 0.15) is 24.9 Å². The molecule has 1 aromatic carbocycles. The number of aliphatic imine (C=N–C) groups is 1. The largest absolute Gasteiger partial charge is 0.466 e. The molecule has 2 rings (SSSR count). The minimum atomic E-state index is 0.338. The topological polar surface area (TPSA) is 33.6 Å². The number of rotatable bonds is 2. The van der Waals surface area contributed by atoms with Gasteiger partial charge in [0.15, 0.2) is 0 Å². The maximum Gasteiger partial charge on any atom is 0.285 e. The average Bonchev–Trinajstić information content (AvgIpc) is 2.31. The molecule has 15 heavy (non-hydrogen) atoms. The number of nitrogens with one attached hydrogen (secondary N) is 1. The van der Waals surface area contributed by atoms with E-state index in [1.807, 2.05) is 13.0 Å². The molecule has 0 saturated carbocycles. The van der Waals surface area contributed by atoms with Gasteiger partial charge in [0.2, 0.25) is 0 Å². The summed E-state index contributed by atoms with van der Waals surface area (Å²) in [5.41, 5.74) is 1.30. The number of ether oxygens (including phenoxy) is 1. The van der Waals surface area contributed by atoms with Crippen LogP contribution in [0, 0.1) is 0 Å². The molecular formula is C12H16N2O. The molecule has 1 heterocycles. The second-order valence-corrected chi connectivity index (χ2v) is 3.52. The van der Waals surface area contributed by atoms with Gasteiger partial charge in [-0.25, -0.2) is 4.99 Å². The molecule has 1 unspecified atom stereocenters. The molecule has 1 aromatic rings. The smallest absolute Gasteiger partial charge is 0.285 e. The molecule has 0 bridgehead atoms. The fourth-order valence-electron chi connectivity index (χ4n) is 1.72. The van der Waals surface area contributed by atoms with Crippen LogP contribution in [0.2, 0.25) is 0 Å². The lowest BCUT2D eigenvalue weighted by Crippen LogP contribution is -2.34. The van der Waals surface area contributed by atoms with Gasteiger partial charge in [0.25, 0.3) is 6.02 Å². The third-order valence-electron chi connectivity index (χ3n) is 2.45. The van der Waals surface area contributed by atoms with Gasteiger partial charge >= 0.3 is 0 Å². The Bertz CT molecular complexity index is 335. The summed E-state index contributed by atoms with van der Waals surface area (Å²) in [6, 6.07) is 11.4. The van der Waals surface area contributed by atoms with Crippen LogP contribution in [0.5, 0.6) is 0 Å². The highest BCUT2D eigenvalue weighted by molar-refractivity contribution is 5.74. The van der Waals surface area contributed by atoms with Crippen LogP contribution in [0.15, 0.2) is 35.3 Å². The predicted molar refractivity (Wildman–Crippen MR) is 60.9 cm³/mol. The van der Waals surface area contributed by atoms with E-state index in [0.717, 1.165) is 13.0 Å². The van der Waals surface area contributed by atoms with Gasteiger partial charge in [0.05, 0.1) is 12.6 Å². The normalized spacial score (nSPS) is 20.3. The first-order chi connectivity index (χ1) is 7.40. The van der Waals surface area contributed by atoms with Crippen molar-refractivity contribution in [3.05, 3.63) is 35.9 Å². The van der Waals surface area contributed by atoms with Crippen molar-refractivity contribution in [1.29, 1.82) is 0 Å². The van der Waals surface area contributed by atoms with Crippen molar-refractivity contribution in [2.45, 2.75) is 19.4 Å². The summed E-state index contributed by atoms with van der Waals surface area (Å²) in [4.78, 5) is 4.28. The van der Waals surface area contributed by atoms with Crippen molar-refractivity contribution in [2.24, 2.45) is 4.99 Å². The maximum absolute atomic E-state index is 5.37. The van der Waals surface area contributed by atoms with E-state index >= 15 is 0 Å². The molecule has 3 nitrogen and oxygen atoms in total. The highest BCUT2D eigenvalue weighted by atomic mass is 16.5. The second kappa shape index (κ2) is 4.82. The number of hydrogen-bond acceptors (Lipinski definition) is 3. The number of benzene rings is 1. The van der Waals surface area contributed by atoms with E-state index in [-0.39, 0.29) is 0 Å². The van der Waals surface area contributed by atoms with Gasteiger partial charge in [-0.1, -0.05) is 30.3 Å². The Balaban J connectivity index is 2.04. The first kappa shape index (κ1) is 10.0. The fourth-order valence-corrected chi connectivity index (χ4v) is 1.72. The summed E-state index contributed by atoms with van der Waals surface area (Å²) in [5.74, 6) is 0. The zero-order chi connectivity index (χ0) is 10.5. The molecule has 1 aliphatic rings. The molecule has 0 fully saturated rings. The average molecular weight is 204 g/mol. The molecule has 0 saturated heterocycles. The van der Waals surface area contributed by atoms with Crippen molar-refractivity contribution in [1.82, 2.24) is 5.32 Å². The number of nitrogens with zero attached hydrogens (tertiary/aromatic N) is 1. The van der Waals surface area contributed by atoms with Crippen molar-refractivity contribution in [3.63, 3.8) is 0 Å². The van der Waals surface area contributed by atoms with Crippen LogP contribution in [-0.4, -0.2) is 19.2 Å². The Kier molecular flexibility index (Phi) is 3.22. The van der Waals surface area contributed by atoms with Gasteiger partial charge in [-0.2, -0.15) is 0 Å². The van der Waals surface area contributed by atoms with Crippen molar-refractivity contribution in [3.8, 4) is 0 Å². The van der Waals surface area contributed by atoms with E-state index in [1.54, 1.807) is 0 Å². The number of hydrogen-bond donors (Lipinski definition) is 1. The lowest BCUT2D eigenvalue weighted by molar-refractivity contribution is 0.293. The Labute approximate surface area is 90.2 Å². The summed E-state index contributed by atoms with van der Waals surface area (Å²) in [6.07, 6.45) is 1.03. The summed E-state index contributed by atoms with van der Waals surface area (Å²) < 4.78 is 5.37. The minimum Gasteiger partial charge on any atom is -0.466 e. The molecule has 1 atom stereocenters. The van der Waals surface area contributed by atoms with Crippen LogP contribution >= 0.6 is 0 Å². The first-order valence-electron chi connectivity index (χ1n) is 5.39. The van der Waals surface area contributed by atoms with Crippen LogP contribution in [-0.2, 0) is 4.74 Å². The highest BCUT2D eigenvalue weighted by Crippen LogP contribution is 2.18. The standard InChI is InChI=1S/C12H16N2O/c1-2-15-12-13-9-8-11(14-12)10-6-4-3-5-7-10/h3-7,11H,2,8-9H2,1H3,(H,13,14). The fraction of sp³-hybridized carbons (Fsp3) is 0.417. The molecule has 0 amide bonds. The van der Waals surface area contributed by atoms with E-state index in [4.69, 9.17) is 4.74 Å². The van der Waals surface area contributed by atoms with Gasteiger partial charge in [-0.3, -0.25) is 0 Å². The van der Waals surface area contributed by atoms with Gasteiger partial charge in [0, 0.05) is 6.54 Å². The zero-order valence-electron chi connectivity index (χ0n) is 8.94. The molecule has 0 spiro atoms. The lowest BCUT2D eigenvalue weighted by Gasteiger charge is -2.24. The Morgan fingerprint density at radius 2 is 2.20 bits per heavy atom. The molecule has 3 heteroatoms. The molecule has 80 valence electrons. The van der Waals surface area contributed by atoms with Gasteiger partial charge in [-0.15, -0.1) is 0 Å². The van der Waals surface area contributed by atoms with Crippen molar-refractivity contribution < 1.29 is 4.74 Å². The van der Waals surface area contributed by atoms with E-state index in [9.17, 15) is 0 Å².